The zero-order valence-electron chi connectivity index (χ0n) is 8.65. The maximum atomic E-state index is 11.5. The lowest BCUT2D eigenvalue weighted by Gasteiger charge is -2.14. The van der Waals surface area contributed by atoms with Gasteiger partial charge in [0.05, 0.1) is 11.4 Å². The average molecular weight is 294 g/mol. The van der Waals surface area contributed by atoms with Crippen LogP contribution in [0.4, 0.5) is 5.69 Å². The van der Waals surface area contributed by atoms with Crippen molar-refractivity contribution in [2.24, 2.45) is 0 Å². The van der Waals surface area contributed by atoms with Gasteiger partial charge in [-0.2, -0.15) is 12.7 Å². The van der Waals surface area contributed by atoms with Crippen LogP contribution in [0.2, 0.25) is 0 Å². The summed E-state index contributed by atoms with van der Waals surface area (Å²) in [6.07, 6.45) is 1.61. The molecule has 1 aromatic heterocycles. The van der Waals surface area contributed by atoms with E-state index in [2.05, 4.69) is 25.6 Å². The molecule has 1 N–H and O–H groups in total. The standard InChI is InChI=1S/C8H12BrN3O2S/c1-6-8(4-7(9)5-10-6)11-15(13,14)12(2)3/h4-5,11H,1-3H3. The lowest BCUT2D eigenvalue weighted by atomic mass is 10.3. The number of nitrogens with zero attached hydrogens (tertiary/aromatic N) is 2. The quantitative estimate of drug-likeness (QED) is 0.916. The van der Waals surface area contributed by atoms with Gasteiger partial charge in [0.1, 0.15) is 0 Å². The normalized spacial score (nSPS) is 11.8. The summed E-state index contributed by atoms with van der Waals surface area (Å²) in [7, 11) is -0.545. The Labute approximate surface area is 97.8 Å². The number of pyridine rings is 1. The Bertz CT molecular complexity index is 459. The molecule has 0 atom stereocenters. The summed E-state index contributed by atoms with van der Waals surface area (Å²) < 4.78 is 27.3. The average Bonchev–Trinajstić information content (AvgIpc) is 2.10. The van der Waals surface area contributed by atoms with Gasteiger partial charge in [-0.05, 0) is 28.9 Å². The minimum absolute atomic E-state index is 0.470. The van der Waals surface area contributed by atoms with Gasteiger partial charge < -0.3 is 0 Å². The van der Waals surface area contributed by atoms with Crippen LogP contribution in [0.25, 0.3) is 0 Å². The summed E-state index contributed by atoms with van der Waals surface area (Å²) in [6.45, 7) is 1.74. The molecule has 0 saturated carbocycles. The number of hydrogen-bond donors (Lipinski definition) is 1. The Balaban J connectivity index is 3.05. The van der Waals surface area contributed by atoms with Crippen molar-refractivity contribution < 1.29 is 8.42 Å². The van der Waals surface area contributed by atoms with Crippen LogP contribution in [0.15, 0.2) is 16.7 Å². The second-order valence-electron chi connectivity index (χ2n) is 3.18. The molecule has 1 heterocycles. The van der Waals surface area contributed by atoms with E-state index >= 15 is 0 Å². The van der Waals surface area contributed by atoms with Crippen LogP contribution in [0.5, 0.6) is 0 Å². The number of aromatic nitrogens is 1. The lowest BCUT2D eigenvalue weighted by Crippen LogP contribution is -2.29. The van der Waals surface area contributed by atoms with E-state index in [1.807, 2.05) is 0 Å². The van der Waals surface area contributed by atoms with E-state index in [-0.39, 0.29) is 0 Å². The number of nitrogens with one attached hydrogen (secondary N) is 1. The molecule has 0 aliphatic heterocycles. The van der Waals surface area contributed by atoms with Crippen LogP contribution in [0.3, 0.4) is 0 Å². The summed E-state index contributed by atoms with van der Waals surface area (Å²) in [6, 6.07) is 1.67. The van der Waals surface area contributed by atoms with Crippen molar-refractivity contribution in [2.75, 3.05) is 18.8 Å². The van der Waals surface area contributed by atoms with Gasteiger partial charge in [0, 0.05) is 24.8 Å². The van der Waals surface area contributed by atoms with Gasteiger partial charge in [0.2, 0.25) is 0 Å². The maximum Gasteiger partial charge on any atom is 0.301 e. The topological polar surface area (TPSA) is 62.3 Å². The van der Waals surface area contributed by atoms with E-state index in [1.54, 1.807) is 19.2 Å². The summed E-state index contributed by atoms with van der Waals surface area (Å²) in [5.41, 5.74) is 1.10. The third kappa shape index (κ3) is 3.15. The predicted molar refractivity (Wildman–Crippen MR) is 62.9 cm³/mol. The van der Waals surface area contributed by atoms with Crippen molar-refractivity contribution in [1.82, 2.24) is 9.29 Å². The van der Waals surface area contributed by atoms with Gasteiger partial charge in [-0.15, -0.1) is 0 Å². The highest BCUT2D eigenvalue weighted by molar-refractivity contribution is 9.10. The first-order chi connectivity index (χ1) is 6.83. The number of anilines is 1. The molecule has 0 spiro atoms. The molecule has 0 saturated heterocycles. The molecule has 1 aromatic rings. The molecule has 0 unspecified atom stereocenters. The van der Waals surface area contributed by atoms with Crippen LogP contribution in [0, 0.1) is 6.92 Å². The van der Waals surface area contributed by atoms with Crippen molar-refractivity contribution in [3.05, 3.63) is 22.4 Å². The summed E-state index contributed by atoms with van der Waals surface area (Å²) >= 11 is 3.23. The second kappa shape index (κ2) is 4.46. The van der Waals surface area contributed by atoms with Crippen molar-refractivity contribution >= 4 is 31.8 Å². The minimum atomic E-state index is -3.47. The highest BCUT2D eigenvalue weighted by Gasteiger charge is 2.14. The van der Waals surface area contributed by atoms with E-state index in [4.69, 9.17) is 0 Å². The zero-order valence-corrected chi connectivity index (χ0v) is 11.1. The lowest BCUT2D eigenvalue weighted by molar-refractivity contribution is 0.526. The van der Waals surface area contributed by atoms with E-state index < -0.39 is 10.2 Å². The van der Waals surface area contributed by atoms with Crippen LogP contribution in [0.1, 0.15) is 5.69 Å². The second-order valence-corrected chi connectivity index (χ2v) is 5.98. The largest absolute Gasteiger partial charge is 0.301 e. The van der Waals surface area contributed by atoms with Crippen molar-refractivity contribution in [3.63, 3.8) is 0 Å². The van der Waals surface area contributed by atoms with Gasteiger partial charge in [-0.25, -0.2) is 0 Å². The molecule has 0 radical (unpaired) electrons. The van der Waals surface area contributed by atoms with E-state index in [0.717, 1.165) is 8.78 Å². The van der Waals surface area contributed by atoms with Gasteiger partial charge in [0.15, 0.2) is 0 Å². The first kappa shape index (κ1) is 12.4. The Kier molecular flexibility index (Phi) is 3.69. The van der Waals surface area contributed by atoms with Gasteiger partial charge in [-0.3, -0.25) is 9.71 Å². The Hall–Kier alpha value is -0.660. The molecular formula is C8H12BrN3O2S. The molecule has 0 aliphatic carbocycles. The van der Waals surface area contributed by atoms with E-state index in [0.29, 0.717) is 11.4 Å². The zero-order chi connectivity index (χ0) is 11.6. The molecule has 0 amide bonds. The Morgan fingerprint density at radius 3 is 2.60 bits per heavy atom. The van der Waals surface area contributed by atoms with E-state index in [9.17, 15) is 8.42 Å². The highest BCUT2D eigenvalue weighted by atomic mass is 79.9. The molecule has 1 rings (SSSR count). The van der Waals surface area contributed by atoms with Crippen LogP contribution < -0.4 is 4.72 Å². The van der Waals surface area contributed by atoms with Crippen LogP contribution in [-0.2, 0) is 10.2 Å². The first-order valence-corrected chi connectivity index (χ1v) is 6.38. The summed E-state index contributed by atoms with van der Waals surface area (Å²) in [4.78, 5) is 4.03. The van der Waals surface area contributed by atoms with Crippen molar-refractivity contribution in [2.45, 2.75) is 6.92 Å². The van der Waals surface area contributed by atoms with E-state index in [1.165, 1.54) is 14.1 Å². The van der Waals surface area contributed by atoms with Gasteiger partial charge in [0.25, 0.3) is 0 Å². The minimum Gasteiger partial charge on any atom is -0.269 e. The van der Waals surface area contributed by atoms with Crippen LogP contribution >= 0.6 is 15.9 Å². The molecule has 7 heteroatoms. The third-order valence-corrected chi connectivity index (χ3v) is 3.65. The molecule has 0 aliphatic rings. The van der Waals surface area contributed by atoms with Crippen molar-refractivity contribution in [1.29, 1.82) is 0 Å². The van der Waals surface area contributed by atoms with Crippen LogP contribution in [-0.4, -0.2) is 31.8 Å². The summed E-state index contributed by atoms with van der Waals surface area (Å²) in [5, 5.41) is 0. The third-order valence-electron chi connectivity index (χ3n) is 1.77. The number of halogens is 1. The fraction of sp³-hybridized carbons (Fsp3) is 0.375. The number of hydrogen-bond acceptors (Lipinski definition) is 3. The fourth-order valence-corrected chi connectivity index (χ4v) is 1.84. The Morgan fingerprint density at radius 1 is 1.47 bits per heavy atom. The molecule has 0 bridgehead atoms. The smallest absolute Gasteiger partial charge is 0.269 e. The van der Waals surface area contributed by atoms with Gasteiger partial charge in [-0.1, -0.05) is 0 Å². The fourth-order valence-electron chi connectivity index (χ4n) is 0.841. The maximum absolute atomic E-state index is 11.5. The molecule has 0 aromatic carbocycles. The number of aryl methyl sites for hydroxylation is 1. The summed E-state index contributed by atoms with van der Waals surface area (Å²) in [5.74, 6) is 0. The number of rotatable bonds is 3. The highest BCUT2D eigenvalue weighted by Crippen LogP contribution is 2.19. The molecular weight excluding hydrogens is 282 g/mol. The van der Waals surface area contributed by atoms with Crippen molar-refractivity contribution in [3.8, 4) is 0 Å². The molecule has 0 fully saturated rings. The first-order valence-electron chi connectivity index (χ1n) is 4.15. The molecule has 84 valence electrons. The SMILES string of the molecule is Cc1ncc(Br)cc1NS(=O)(=O)N(C)C. The Morgan fingerprint density at radius 2 is 2.07 bits per heavy atom. The van der Waals surface area contributed by atoms with Gasteiger partial charge >= 0.3 is 10.2 Å². The monoisotopic (exact) mass is 293 g/mol. The molecule has 5 nitrogen and oxygen atoms in total. The predicted octanol–water partition coefficient (Wildman–Crippen LogP) is 1.37. The molecule has 15 heavy (non-hydrogen) atoms.